The van der Waals surface area contributed by atoms with Gasteiger partial charge in [-0.15, -0.1) is 5.11 Å². The summed E-state index contributed by atoms with van der Waals surface area (Å²) < 4.78 is 9.86. The summed E-state index contributed by atoms with van der Waals surface area (Å²) in [7, 11) is 1.11. The Kier molecular flexibility index (Phi) is 8.63. The normalized spacial score (nSPS) is 13.7. The molecule has 0 saturated heterocycles. The number of nitro groups is 1. The van der Waals surface area contributed by atoms with E-state index in [0.717, 1.165) is 7.11 Å². The average molecular weight is 442 g/mol. The van der Waals surface area contributed by atoms with Crippen molar-refractivity contribution in [2.75, 3.05) is 13.7 Å². The molecule has 11 heteroatoms. The lowest BCUT2D eigenvalue weighted by atomic mass is 9.81. The van der Waals surface area contributed by atoms with Crippen LogP contribution in [0.3, 0.4) is 0 Å². The molecule has 0 radical (unpaired) electrons. The van der Waals surface area contributed by atoms with Crippen molar-refractivity contribution in [1.82, 2.24) is 4.98 Å². The highest BCUT2D eigenvalue weighted by Gasteiger charge is 2.45. The summed E-state index contributed by atoms with van der Waals surface area (Å²) in [4.78, 5) is 52.8. The SMILES string of the molecule is CCOC(=O)C(C(=O)c1ccccc1)C(C(=O)OC)C(C)N=Nc1ncccc1[N+](=O)[O-]. The molecule has 1 aromatic carbocycles. The van der Waals surface area contributed by atoms with E-state index in [-0.39, 0.29) is 23.7 Å². The smallest absolute Gasteiger partial charge is 0.317 e. The van der Waals surface area contributed by atoms with Crippen molar-refractivity contribution in [2.45, 2.75) is 19.9 Å². The highest BCUT2D eigenvalue weighted by atomic mass is 16.6. The Hall–Kier alpha value is -4.02. The van der Waals surface area contributed by atoms with E-state index in [1.807, 2.05) is 0 Å². The molecule has 0 fully saturated rings. The van der Waals surface area contributed by atoms with E-state index in [1.54, 1.807) is 25.1 Å². The molecule has 168 valence electrons. The molecule has 1 heterocycles. The summed E-state index contributed by atoms with van der Waals surface area (Å²) in [6, 6.07) is 9.43. The van der Waals surface area contributed by atoms with Gasteiger partial charge in [0.1, 0.15) is 11.8 Å². The van der Waals surface area contributed by atoms with Gasteiger partial charge in [0.2, 0.25) is 0 Å². The van der Waals surface area contributed by atoms with E-state index in [9.17, 15) is 24.5 Å². The molecule has 0 bridgehead atoms. The molecule has 0 aliphatic carbocycles. The fraction of sp³-hybridized carbons (Fsp3) is 0.333. The summed E-state index contributed by atoms with van der Waals surface area (Å²) in [6.45, 7) is 2.99. The minimum absolute atomic E-state index is 0.0126. The zero-order chi connectivity index (χ0) is 23.7. The van der Waals surface area contributed by atoms with E-state index >= 15 is 0 Å². The Morgan fingerprint density at radius 3 is 2.41 bits per heavy atom. The number of benzene rings is 1. The predicted octanol–water partition coefficient (Wildman–Crippen LogP) is 3.31. The van der Waals surface area contributed by atoms with Crippen LogP contribution in [-0.4, -0.2) is 47.4 Å². The number of azo groups is 1. The van der Waals surface area contributed by atoms with Crippen LogP contribution in [-0.2, 0) is 19.1 Å². The third-order valence-electron chi connectivity index (χ3n) is 4.53. The summed E-state index contributed by atoms with van der Waals surface area (Å²) in [5, 5.41) is 18.9. The fourth-order valence-corrected chi connectivity index (χ4v) is 3.00. The largest absolute Gasteiger partial charge is 0.469 e. The number of nitrogens with zero attached hydrogens (tertiary/aromatic N) is 4. The Bertz CT molecular complexity index is 1010. The molecule has 0 amide bonds. The maximum absolute atomic E-state index is 13.2. The van der Waals surface area contributed by atoms with Gasteiger partial charge >= 0.3 is 17.6 Å². The van der Waals surface area contributed by atoms with Crippen molar-refractivity contribution < 1.29 is 28.8 Å². The van der Waals surface area contributed by atoms with Crippen LogP contribution >= 0.6 is 0 Å². The van der Waals surface area contributed by atoms with E-state index in [2.05, 4.69) is 15.2 Å². The molecular weight excluding hydrogens is 420 g/mol. The van der Waals surface area contributed by atoms with Crippen LogP contribution in [0.15, 0.2) is 58.9 Å². The first-order chi connectivity index (χ1) is 15.3. The molecule has 1 aromatic heterocycles. The van der Waals surface area contributed by atoms with Crippen molar-refractivity contribution in [1.29, 1.82) is 0 Å². The Morgan fingerprint density at radius 1 is 1.12 bits per heavy atom. The topological polar surface area (TPSA) is 150 Å². The van der Waals surface area contributed by atoms with E-state index in [1.165, 1.54) is 37.4 Å². The van der Waals surface area contributed by atoms with Crippen molar-refractivity contribution in [3.05, 3.63) is 64.3 Å². The van der Waals surface area contributed by atoms with Crippen LogP contribution < -0.4 is 0 Å². The van der Waals surface area contributed by atoms with Crippen molar-refractivity contribution in [3.8, 4) is 0 Å². The lowest BCUT2D eigenvalue weighted by Gasteiger charge is -2.25. The fourth-order valence-electron chi connectivity index (χ4n) is 3.00. The molecule has 0 N–H and O–H groups in total. The van der Waals surface area contributed by atoms with Gasteiger partial charge in [0.05, 0.1) is 24.7 Å². The summed E-state index contributed by atoms with van der Waals surface area (Å²) in [5.41, 5.74) is -0.190. The van der Waals surface area contributed by atoms with Crippen LogP contribution in [0.5, 0.6) is 0 Å². The van der Waals surface area contributed by atoms with Crippen molar-refractivity contribution >= 4 is 29.2 Å². The van der Waals surface area contributed by atoms with E-state index < -0.39 is 40.5 Å². The van der Waals surface area contributed by atoms with Gasteiger partial charge in [-0.05, 0) is 19.9 Å². The van der Waals surface area contributed by atoms with Gasteiger partial charge in [0.15, 0.2) is 5.78 Å². The Balaban J connectivity index is 2.48. The molecule has 0 spiro atoms. The van der Waals surface area contributed by atoms with Gasteiger partial charge < -0.3 is 9.47 Å². The molecule has 0 saturated carbocycles. The minimum atomic E-state index is -1.56. The highest BCUT2D eigenvalue weighted by Crippen LogP contribution is 2.29. The quantitative estimate of drug-likeness (QED) is 0.136. The van der Waals surface area contributed by atoms with Gasteiger partial charge in [-0.2, -0.15) is 5.11 Å². The van der Waals surface area contributed by atoms with E-state index in [4.69, 9.17) is 9.47 Å². The third-order valence-corrected chi connectivity index (χ3v) is 4.53. The molecule has 3 unspecified atom stereocenters. The predicted molar refractivity (Wildman–Crippen MR) is 111 cm³/mol. The maximum atomic E-state index is 13.2. The monoisotopic (exact) mass is 442 g/mol. The zero-order valence-corrected chi connectivity index (χ0v) is 17.7. The third kappa shape index (κ3) is 5.78. The van der Waals surface area contributed by atoms with Gasteiger partial charge in [0.25, 0.3) is 5.82 Å². The Morgan fingerprint density at radius 2 is 1.81 bits per heavy atom. The zero-order valence-electron chi connectivity index (χ0n) is 17.7. The molecule has 3 atom stereocenters. The number of pyridine rings is 1. The second-order valence-electron chi connectivity index (χ2n) is 6.57. The number of carbonyl (C=O) groups excluding carboxylic acids is 3. The van der Waals surface area contributed by atoms with Crippen LogP contribution in [0.2, 0.25) is 0 Å². The maximum Gasteiger partial charge on any atom is 0.317 e. The van der Waals surface area contributed by atoms with Crippen LogP contribution in [0, 0.1) is 22.0 Å². The second-order valence-corrected chi connectivity index (χ2v) is 6.57. The summed E-state index contributed by atoms with van der Waals surface area (Å²) in [5.74, 6) is -5.67. The second kappa shape index (κ2) is 11.4. The number of hydrogen-bond acceptors (Lipinski definition) is 10. The molecule has 0 aliphatic heterocycles. The van der Waals surface area contributed by atoms with E-state index in [0.29, 0.717) is 0 Å². The number of Topliss-reactive ketones (excluding diaryl/α,β-unsaturated/α-hetero) is 1. The number of ether oxygens (including phenoxy) is 2. The van der Waals surface area contributed by atoms with Gasteiger partial charge in [-0.3, -0.25) is 24.5 Å². The molecule has 2 aromatic rings. The number of hydrogen-bond donors (Lipinski definition) is 0. The standard InChI is InChI=1S/C21H22N4O7/c1-4-32-21(28)17(18(26)14-9-6-5-7-10-14)16(20(27)31-3)13(2)23-24-19-15(25(29)30)11-8-12-22-19/h5-13,16-17H,4H2,1-3H3. The van der Waals surface area contributed by atoms with Gasteiger partial charge in [-0.1, -0.05) is 30.3 Å². The number of esters is 2. The summed E-state index contributed by atoms with van der Waals surface area (Å²) >= 11 is 0. The molecule has 0 aliphatic rings. The van der Waals surface area contributed by atoms with Crippen LogP contribution in [0.1, 0.15) is 24.2 Å². The number of ketones is 1. The number of carbonyl (C=O) groups is 3. The first-order valence-electron chi connectivity index (χ1n) is 9.65. The first kappa shape index (κ1) is 24.3. The lowest BCUT2D eigenvalue weighted by molar-refractivity contribution is -0.384. The highest BCUT2D eigenvalue weighted by molar-refractivity contribution is 6.11. The van der Waals surface area contributed by atoms with Crippen LogP contribution in [0.25, 0.3) is 0 Å². The molecular formula is C21H22N4O7. The Labute approximate surface area is 183 Å². The first-order valence-corrected chi connectivity index (χ1v) is 9.65. The lowest BCUT2D eigenvalue weighted by Crippen LogP contribution is -2.42. The van der Waals surface area contributed by atoms with Gasteiger partial charge in [-0.25, -0.2) is 4.98 Å². The number of aromatic nitrogens is 1. The van der Waals surface area contributed by atoms with Gasteiger partial charge in [0, 0.05) is 17.8 Å². The molecule has 32 heavy (non-hydrogen) atoms. The van der Waals surface area contributed by atoms with Crippen LogP contribution in [0.4, 0.5) is 11.5 Å². The van der Waals surface area contributed by atoms with Crippen molar-refractivity contribution in [3.63, 3.8) is 0 Å². The van der Waals surface area contributed by atoms with Crippen molar-refractivity contribution in [2.24, 2.45) is 22.1 Å². The molecule has 11 nitrogen and oxygen atoms in total. The molecule has 2 rings (SSSR count). The number of rotatable bonds is 10. The summed E-state index contributed by atoms with van der Waals surface area (Å²) in [6.07, 6.45) is 1.30. The minimum Gasteiger partial charge on any atom is -0.469 e. The average Bonchev–Trinajstić information content (AvgIpc) is 2.80. The number of methoxy groups -OCH3 is 1.